The van der Waals surface area contributed by atoms with Crippen LogP contribution in [0, 0.1) is 5.41 Å². The molecule has 0 saturated carbocycles. The first-order chi connectivity index (χ1) is 6.35. The molecule has 0 aliphatic heterocycles. The van der Waals surface area contributed by atoms with E-state index in [0.717, 1.165) is 0 Å². The average Bonchev–Trinajstić information content (AvgIpc) is 1.98. The average molecular weight is 248 g/mol. The third-order valence-corrected chi connectivity index (χ3v) is 1.01. The van der Waals surface area contributed by atoms with E-state index >= 15 is 0 Å². The van der Waals surface area contributed by atoms with Crippen LogP contribution in [0.2, 0.25) is 0 Å². The molecule has 0 aliphatic rings. The molecule has 0 amide bonds. The van der Waals surface area contributed by atoms with Crippen LogP contribution in [0.25, 0.3) is 0 Å². The minimum atomic E-state index is -4.36. The van der Waals surface area contributed by atoms with Crippen LogP contribution in [0.15, 0.2) is 4.99 Å². The highest BCUT2D eigenvalue weighted by Gasteiger charge is 2.26. The molecule has 0 rings (SSSR count). The van der Waals surface area contributed by atoms with Gasteiger partial charge in [-0.1, -0.05) is 0 Å². The Kier molecular flexibility index (Phi) is 7.76. The highest BCUT2D eigenvalue weighted by molar-refractivity contribution is 5.96. The number of hydrogen-bond donors (Lipinski definition) is 4. The Hall–Kier alpha value is -1.18. The molecule has 0 spiro atoms. The van der Waals surface area contributed by atoms with E-state index in [1.54, 1.807) is 6.92 Å². The number of guanidine groups is 2. The van der Waals surface area contributed by atoms with Crippen LogP contribution in [0.4, 0.5) is 13.2 Å². The third kappa shape index (κ3) is 10.7. The Morgan fingerprint density at radius 3 is 2.33 bits per heavy atom. The molecular weight excluding hydrogens is 235 g/mol. The number of nitrogens with zero attached hydrogens (tertiary/aromatic N) is 1. The number of alkyl halides is 3. The van der Waals surface area contributed by atoms with Gasteiger partial charge in [0.25, 0.3) is 0 Å². The van der Waals surface area contributed by atoms with E-state index in [4.69, 9.17) is 11.1 Å². The predicted molar refractivity (Wildman–Crippen MR) is 54.3 cm³/mol. The smallest absolute Gasteiger partial charge is 0.370 e. The zero-order valence-electron chi connectivity index (χ0n) is 7.98. The summed E-state index contributed by atoms with van der Waals surface area (Å²) in [5.74, 6) is -0.621. The van der Waals surface area contributed by atoms with Gasteiger partial charge >= 0.3 is 6.18 Å². The molecule has 0 aromatic carbocycles. The summed E-state index contributed by atoms with van der Waals surface area (Å²) < 4.78 is 35.2. The molecule has 0 bridgehead atoms. The second-order valence-electron chi connectivity index (χ2n) is 2.35. The van der Waals surface area contributed by atoms with Crippen molar-refractivity contribution >= 4 is 24.3 Å². The number of hydrogen-bond acceptors (Lipinski definition) is 2. The van der Waals surface area contributed by atoms with Gasteiger partial charge in [0, 0.05) is 6.54 Å². The molecule has 9 heteroatoms. The van der Waals surface area contributed by atoms with E-state index in [1.165, 1.54) is 0 Å². The first kappa shape index (κ1) is 16.3. The van der Waals surface area contributed by atoms with Crippen molar-refractivity contribution in [3.63, 3.8) is 0 Å². The van der Waals surface area contributed by atoms with E-state index < -0.39 is 18.7 Å². The number of aliphatic imine (C=N–C) groups is 1. The highest BCUT2D eigenvalue weighted by Crippen LogP contribution is 2.13. The largest absolute Gasteiger partial charge is 0.408 e. The lowest BCUT2D eigenvalue weighted by Crippen LogP contribution is -2.44. The SMILES string of the molecule is CCNC(=NCC(F)(F)F)NC(=N)N.Cl. The Labute approximate surface area is 91.2 Å². The van der Waals surface area contributed by atoms with Crippen LogP contribution >= 0.6 is 12.4 Å². The molecule has 5 nitrogen and oxygen atoms in total. The Morgan fingerprint density at radius 1 is 1.47 bits per heavy atom. The van der Waals surface area contributed by atoms with Gasteiger partial charge in [0.05, 0.1) is 0 Å². The predicted octanol–water partition coefficient (Wildman–Crippen LogP) is 0.419. The molecule has 0 radical (unpaired) electrons. The minimum absolute atomic E-state index is 0. The van der Waals surface area contributed by atoms with Gasteiger partial charge in [-0.05, 0) is 6.92 Å². The van der Waals surface area contributed by atoms with Crippen molar-refractivity contribution in [3.8, 4) is 0 Å². The van der Waals surface area contributed by atoms with Crippen molar-refractivity contribution < 1.29 is 13.2 Å². The monoisotopic (exact) mass is 247 g/mol. The summed E-state index contributed by atoms with van der Waals surface area (Å²) in [7, 11) is 0. The van der Waals surface area contributed by atoms with Crippen LogP contribution in [-0.4, -0.2) is 31.2 Å². The van der Waals surface area contributed by atoms with E-state index in [2.05, 4.69) is 15.6 Å². The van der Waals surface area contributed by atoms with Crippen LogP contribution in [0.5, 0.6) is 0 Å². The zero-order valence-corrected chi connectivity index (χ0v) is 8.80. The summed E-state index contributed by atoms with van der Waals surface area (Å²) in [5.41, 5.74) is 4.93. The van der Waals surface area contributed by atoms with Crippen molar-refractivity contribution in [3.05, 3.63) is 0 Å². The maximum Gasteiger partial charge on any atom is 0.408 e. The number of nitrogens with two attached hydrogens (primary N) is 1. The molecule has 0 atom stereocenters. The van der Waals surface area contributed by atoms with Gasteiger partial charge in [0.2, 0.25) is 0 Å². The van der Waals surface area contributed by atoms with E-state index in [9.17, 15) is 13.2 Å². The van der Waals surface area contributed by atoms with Gasteiger partial charge in [-0.3, -0.25) is 10.7 Å². The maximum absolute atomic E-state index is 11.7. The zero-order chi connectivity index (χ0) is 11.2. The first-order valence-corrected chi connectivity index (χ1v) is 3.81. The van der Waals surface area contributed by atoms with Gasteiger partial charge < -0.3 is 11.1 Å². The fraction of sp³-hybridized carbons (Fsp3) is 0.667. The van der Waals surface area contributed by atoms with Gasteiger partial charge in [-0.2, -0.15) is 13.2 Å². The van der Waals surface area contributed by atoms with Gasteiger partial charge in [0.1, 0.15) is 6.54 Å². The molecule has 0 aliphatic carbocycles. The van der Waals surface area contributed by atoms with Crippen LogP contribution in [0.1, 0.15) is 6.92 Å². The fourth-order valence-electron chi connectivity index (χ4n) is 0.603. The minimum Gasteiger partial charge on any atom is -0.370 e. The third-order valence-electron chi connectivity index (χ3n) is 1.01. The van der Waals surface area contributed by atoms with Gasteiger partial charge in [-0.25, -0.2) is 4.99 Å². The quantitative estimate of drug-likeness (QED) is 0.421. The molecule has 5 N–H and O–H groups in total. The van der Waals surface area contributed by atoms with Crippen molar-refractivity contribution in [1.82, 2.24) is 10.6 Å². The Bertz CT molecular complexity index is 227. The van der Waals surface area contributed by atoms with Crippen LogP contribution in [-0.2, 0) is 0 Å². The van der Waals surface area contributed by atoms with Crippen LogP contribution < -0.4 is 16.4 Å². The van der Waals surface area contributed by atoms with Gasteiger partial charge in [0.15, 0.2) is 11.9 Å². The van der Waals surface area contributed by atoms with Gasteiger partial charge in [-0.15, -0.1) is 12.4 Å². The lowest BCUT2D eigenvalue weighted by molar-refractivity contribution is -0.118. The number of rotatable bonds is 2. The second kappa shape index (κ2) is 7.16. The van der Waals surface area contributed by atoms with E-state index in [-0.39, 0.29) is 18.4 Å². The molecule has 15 heavy (non-hydrogen) atoms. The lowest BCUT2D eigenvalue weighted by atomic mass is 10.6. The fourth-order valence-corrected chi connectivity index (χ4v) is 0.603. The molecule has 0 heterocycles. The summed E-state index contributed by atoms with van der Waals surface area (Å²) >= 11 is 0. The molecule has 90 valence electrons. The molecule has 0 unspecified atom stereocenters. The summed E-state index contributed by atoms with van der Waals surface area (Å²) in [6.07, 6.45) is -4.36. The summed E-state index contributed by atoms with van der Waals surface area (Å²) in [6, 6.07) is 0. The highest BCUT2D eigenvalue weighted by atomic mass is 35.5. The lowest BCUT2D eigenvalue weighted by Gasteiger charge is -2.10. The van der Waals surface area contributed by atoms with Crippen molar-refractivity contribution in [2.45, 2.75) is 13.1 Å². The van der Waals surface area contributed by atoms with Crippen molar-refractivity contribution in [2.75, 3.05) is 13.1 Å². The molecule has 0 saturated heterocycles. The Morgan fingerprint density at radius 2 is 2.00 bits per heavy atom. The van der Waals surface area contributed by atoms with Crippen molar-refractivity contribution in [1.29, 1.82) is 5.41 Å². The standard InChI is InChI=1S/C6H12F3N5.ClH/c1-2-12-5(14-4(10)11)13-3-6(7,8)9;/h2-3H2,1H3,(H5,10,11,12,13,14);1H. The summed E-state index contributed by atoms with van der Waals surface area (Å²) in [4.78, 5) is 3.17. The normalized spacial score (nSPS) is 11.6. The van der Waals surface area contributed by atoms with Crippen LogP contribution in [0.3, 0.4) is 0 Å². The Balaban J connectivity index is 0. The molecule has 0 aromatic heterocycles. The second-order valence-corrected chi connectivity index (χ2v) is 2.35. The molecular formula is C6H13ClF3N5. The molecule has 0 aromatic rings. The maximum atomic E-state index is 11.7. The van der Waals surface area contributed by atoms with Crippen molar-refractivity contribution in [2.24, 2.45) is 10.7 Å². The number of halogens is 4. The summed E-state index contributed by atoms with van der Waals surface area (Å²) in [5, 5.41) is 11.5. The number of nitrogens with one attached hydrogen (secondary N) is 3. The first-order valence-electron chi connectivity index (χ1n) is 3.81. The van der Waals surface area contributed by atoms with E-state index in [0.29, 0.717) is 6.54 Å². The van der Waals surface area contributed by atoms with E-state index in [1.807, 2.05) is 0 Å². The molecule has 0 fully saturated rings. The summed E-state index contributed by atoms with van der Waals surface area (Å²) in [6.45, 7) is 0.761. The topological polar surface area (TPSA) is 86.3 Å².